The summed E-state index contributed by atoms with van der Waals surface area (Å²) in [6, 6.07) is 8.82. The Balaban J connectivity index is 1.98. The SMILES string of the molecule is Cc1cccc(N2C(C(N)=O)CC3CCCC32)c1. The molecule has 96 valence electrons. The fourth-order valence-corrected chi connectivity index (χ4v) is 3.70. The number of primary amides is 1. The van der Waals surface area contributed by atoms with E-state index in [4.69, 9.17) is 5.73 Å². The number of fused-ring (bicyclic) bond motifs is 1. The molecule has 3 atom stereocenters. The fourth-order valence-electron chi connectivity index (χ4n) is 3.70. The molecule has 3 rings (SSSR count). The molecular weight excluding hydrogens is 224 g/mol. The molecule has 2 aliphatic rings. The summed E-state index contributed by atoms with van der Waals surface area (Å²) in [5, 5.41) is 0. The number of anilines is 1. The minimum atomic E-state index is -0.175. The van der Waals surface area contributed by atoms with E-state index in [2.05, 4.69) is 36.1 Å². The molecule has 1 heterocycles. The van der Waals surface area contributed by atoms with Gasteiger partial charge in [0.1, 0.15) is 6.04 Å². The maximum Gasteiger partial charge on any atom is 0.240 e. The third kappa shape index (κ3) is 1.78. The Morgan fingerprint density at radius 2 is 2.22 bits per heavy atom. The molecule has 3 heteroatoms. The van der Waals surface area contributed by atoms with Gasteiger partial charge in [-0.1, -0.05) is 18.6 Å². The fraction of sp³-hybridized carbons (Fsp3) is 0.533. The van der Waals surface area contributed by atoms with Crippen molar-refractivity contribution in [3.63, 3.8) is 0 Å². The van der Waals surface area contributed by atoms with Gasteiger partial charge in [0.05, 0.1) is 0 Å². The second kappa shape index (κ2) is 4.30. The maximum absolute atomic E-state index is 11.7. The summed E-state index contributed by atoms with van der Waals surface area (Å²) in [5.74, 6) is 0.480. The van der Waals surface area contributed by atoms with Gasteiger partial charge in [0.15, 0.2) is 0 Å². The first kappa shape index (κ1) is 11.6. The molecule has 1 aromatic carbocycles. The van der Waals surface area contributed by atoms with Crippen LogP contribution in [-0.2, 0) is 4.79 Å². The van der Waals surface area contributed by atoms with E-state index < -0.39 is 0 Å². The van der Waals surface area contributed by atoms with Crippen LogP contribution in [0.1, 0.15) is 31.2 Å². The van der Waals surface area contributed by atoms with Crippen LogP contribution in [0.2, 0.25) is 0 Å². The van der Waals surface area contributed by atoms with Crippen LogP contribution >= 0.6 is 0 Å². The summed E-state index contributed by atoms with van der Waals surface area (Å²) in [4.78, 5) is 14.0. The van der Waals surface area contributed by atoms with Crippen LogP contribution in [0.25, 0.3) is 0 Å². The molecule has 1 aliphatic heterocycles. The molecule has 1 saturated carbocycles. The Kier molecular flexibility index (Phi) is 2.77. The van der Waals surface area contributed by atoms with Crippen molar-refractivity contribution >= 4 is 11.6 Å². The van der Waals surface area contributed by atoms with Crippen molar-refractivity contribution in [3.8, 4) is 0 Å². The molecule has 0 spiro atoms. The molecule has 3 nitrogen and oxygen atoms in total. The number of nitrogens with two attached hydrogens (primary N) is 1. The quantitative estimate of drug-likeness (QED) is 0.867. The number of carbonyl (C=O) groups excluding carboxylic acids is 1. The average molecular weight is 244 g/mol. The minimum absolute atomic E-state index is 0.109. The third-order valence-electron chi connectivity index (χ3n) is 4.47. The van der Waals surface area contributed by atoms with E-state index in [0.717, 1.165) is 12.1 Å². The van der Waals surface area contributed by atoms with Crippen LogP contribution in [0.4, 0.5) is 5.69 Å². The highest BCUT2D eigenvalue weighted by molar-refractivity contribution is 5.84. The van der Waals surface area contributed by atoms with E-state index in [9.17, 15) is 4.79 Å². The van der Waals surface area contributed by atoms with E-state index in [1.807, 2.05) is 0 Å². The Morgan fingerprint density at radius 1 is 1.39 bits per heavy atom. The predicted octanol–water partition coefficient (Wildman–Crippen LogP) is 2.23. The standard InChI is InChI=1S/C15H20N2O/c1-10-4-2-6-12(8-10)17-13-7-3-5-11(13)9-14(17)15(16)18/h2,4,6,8,11,13-14H,3,5,7,9H2,1H3,(H2,16,18). The van der Waals surface area contributed by atoms with E-state index in [1.165, 1.54) is 24.8 Å². The third-order valence-corrected chi connectivity index (χ3v) is 4.47. The second-order valence-electron chi connectivity index (χ2n) is 5.66. The van der Waals surface area contributed by atoms with Crippen molar-refractivity contribution in [1.82, 2.24) is 0 Å². The zero-order valence-electron chi connectivity index (χ0n) is 10.8. The monoisotopic (exact) mass is 244 g/mol. The molecule has 2 fully saturated rings. The molecule has 3 unspecified atom stereocenters. The highest BCUT2D eigenvalue weighted by Crippen LogP contribution is 2.43. The lowest BCUT2D eigenvalue weighted by molar-refractivity contribution is -0.119. The molecular formula is C15H20N2O. The van der Waals surface area contributed by atoms with Gasteiger partial charge < -0.3 is 10.6 Å². The van der Waals surface area contributed by atoms with Crippen molar-refractivity contribution in [1.29, 1.82) is 0 Å². The summed E-state index contributed by atoms with van der Waals surface area (Å²) in [6.07, 6.45) is 4.66. The van der Waals surface area contributed by atoms with Gasteiger partial charge in [0, 0.05) is 11.7 Å². The molecule has 1 aromatic rings. The number of hydrogen-bond acceptors (Lipinski definition) is 2. The Labute approximate surface area is 108 Å². The first-order valence-corrected chi connectivity index (χ1v) is 6.81. The number of aryl methyl sites for hydroxylation is 1. The molecule has 0 radical (unpaired) electrons. The second-order valence-corrected chi connectivity index (χ2v) is 5.66. The van der Waals surface area contributed by atoms with Crippen molar-refractivity contribution in [2.45, 2.75) is 44.7 Å². The predicted molar refractivity (Wildman–Crippen MR) is 72.4 cm³/mol. The van der Waals surface area contributed by atoms with Crippen molar-refractivity contribution in [2.24, 2.45) is 11.7 Å². The van der Waals surface area contributed by atoms with Crippen molar-refractivity contribution in [3.05, 3.63) is 29.8 Å². The van der Waals surface area contributed by atoms with E-state index >= 15 is 0 Å². The van der Waals surface area contributed by atoms with E-state index in [0.29, 0.717) is 12.0 Å². The molecule has 18 heavy (non-hydrogen) atoms. The summed E-state index contributed by atoms with van der Waals surface area (Å²) >= 11 is 0. The maximum atomic E-state index is 11.7. The smallest absolute Gasteiger partial charge is 0.240 e. The summed E-state index contributed by atoms with van der Waals surface area (Å²) in [6.45, 7) is 2.09. The van der Waals surface area contributed by atoms with Gasteiger partial charge in [-0.15, -0.1) is 0 Å². The van der Waals surface area contributed by atoms with Crippen LogP contribution < -0.4 is 10.6 Å². The van der Waals surface area contributed by atoms with Crippen molar-refractivity contribution < 1.29 is 4.79 Å². The van der Waals surface area contributed by atoms with Crippen LogP contribution in [-0.4, -0.2) is 18.0 Å². The van der Waals surface area contributed by atoms with Gasteiger partial charge in [0.2, 0.25) is 5.91 Å². The molecule has 1 saturated heterocycles. The topological polar surface area (TPSA) is 46.3 Å². The van der Waals surface area contributed by atoms with Crippen LogP contribution in [0, 0.1) is 12.8 Å². The van der Waals surface area contributed by atoms with Gasteiger partial charge in [-0.3, -0.25) is 4.79 Å². The molecule has 1 aliphatic carbocycles. The van der Waals surface area contributed by atoms with Crippen LogP contribution in [0.5, 0.6) is 0 Å². The minimum Gasteiger partial charge on any atom is -0.368 e. The van der Waals surface area contributed by atoms with Gasteiger partial charge in [-0.2, -0.15) is 0 Å². The lowest BCUT2D eigenvalue weighted by Gasteiger charge is -2.30. The number of nitrogens with zero attached hydrogens (tertiary/aromatic N) is 1. The highest BCUT2D eigenvalue weighted by atomic mass is 16.1. The highest BCUT2D eigenvalue weighted by Gasteiger charge is 2.45. The first-order valence-electron chi connectivity index (χ1n) is 6.81. The molecule has 0 bridgehead atoms. The lowest BCUT2D eigenvalue weighted by Crippen LogP contribution is -2.44. The summed E-state index contributed by atoms with van der Waals surface area (Å²) in [5.41, 5.74) is 7.98. The van der Waals surface area contributed by atoms with E-state index in [1.54, 1.807) is 0 Å². The van der Waals surface area contributed by atoms with Crippen LogP contribution in [0.3, 0.4) is 0 Å². The zero-order valence-corrected chi connectivity index (χ0v) is 10.8. The Hall–Kier alpha value is -1.51. The number of carbonyl (C=O) groups is 1. The summed E-state index contributed by atoms with van der Waals surface area (Å²) < 4.78 is 0. The number of benzene rings is 1. The van der Waals surface area contributed by atoms with Crippen LogP contribution in [0.15, 0.2) is 24.3 Å². The zero-order chi connectivity index (χ0) is 12.7. The average Bonchev–Trinajstić information content (AvgIpc) is 2.87. The lowest BCUT2D eigenvalue weighted by atomic mass is 10.0. The number of hydrogen-bond donors (Lipinski definition) is 1. The molecule has 0 aromatic heterocycles. The number of amides is 1. The Bertz CT molecular complexity index is 471. The first-order chi connectivity index (χ1) is 8.66. The van der Waals surface area contributed by atoms with Gasteiger partial charge in [-0.05, 0) is 49.8 Å². The van der Waals surface area contributed by atoms with Gasteiger partial charge >= 0.3 is 0 Å². The molecule has 2 N–H and O–H groups in total. The van der Waals surface area contributed by atoms with E-state index in [-0.39, 0.29) is 11.9 Å². The number of rotatable bonds is 2. The van der Waals surface area contributed by atoms with Gasteiger partial charge in [0.25, 0.3) is 0 Å². The Morgan fingerprint density at radius 3 is 2.94 bits per heavy atom. The normalized spacial score (nSPS) is 30.5. The largest absolute Gasteiger partial charge is 0.368 e. The van der Waals surface area contributed by atoms with Crippen molar-refractivity contribution in [2.75, 3.05) is 4.90 Å². The summed E-state index contributed by atoms with van der Waals surface area (Å²) in [7, 11) is 0. The van der Waals surface area contributed by atoms with Gasteiger partial charge in [-0.25, -0.2) is 0 Å². The molecule has 1 amide bonds.